The van der Waals surface area contributed by atoms with Gasteiger partial charge < -0.3 is 39.8 Å². The van der Waals surface area contributed by atoms with Crippen molar-refractivity contribution < 1.29 is 24.5 Å². The van der Waals surface area contributed by atoms with E-state index >= 15 is 0 Å². The Hall–Kier alpha value is -3.06. The molecule has 1 aromatic heterocycles. The van der Waals surface area contributed by atoms with Crippen molar-refractivity contribution in [1.29, 1.82) is 0 Å². The van der Waals surface area contributed by atoms with E-state index in [-0.39, 0.29) is 17.6 Å². The van der Waals surface area contributed by atoms with Crippen LogP contribution in [-0.2, 0) is 21.8 Å². The first-order valence-corrected chi connectivity index (χ1v) is 14.1. The third-order valence-electron chi connectivity index (χ3n) is 7.10. The van der Waals surface area contributed by atoms with Crippen LogP contribution in [-0.4, -0.2) is 91.6 Å². The number of rotatable bonds is 10. The summed E-state index contributed by atoms with van der Waals surface area (Å²) in [6, 6.07) is 13.3. The first kappa shape index (κ1) is 30.9. The molecule has 2 amide bonds. The van der Waals surface area contributed by atoms with E-state index in [9.17, 15) is 4.79 Å². The molecule has 5 rings (SSSR count). The van der Waals surface area contributed by atoms with Gasteiger partial charge in [0.1, 0.15) is 18.5 Å². The number of halogens is 2. The van der Waals surface area contributed by atoms with E-state index in [1.54, 1.807) is 31.7 Å². The van der Waals surface area contributed by atoms with Crippen molar-refractivity contribution in [2.75, 3.05) is 64.4 Å². The van der Waals surface area contributed by atoms with Crippen LogP contribution in [0, 0.1) is 0 Å². The average molecular weight is 608 g/mol. The van der Waals surface area contributed by atoms with Crippen molar-refractivity contribution in [3.8, 4) is 5.75 Å². The van der Waals surface area contributed by atoms with Gasteiger partial charge in [-0.3, -0.25) is 4.90 Å². The molecule has 3 heterocycles. The van der Waals surface area contributed by atoms with E-state index < -0.39 is 5.79 Å². The third-order valence-corrected chi connectivity index (χ3v) is 7.65. The number of piperazine rings is 1. The van der Waals surface area contributed by atoms with Crippen molar-refractivity contribution in [1.82, 2.24) is 25.1 Å². The number of amides is 2. The molecule has 0 radical (unpaired) electrons. The Bertz CT molecular complexity index is 1260. The molecule has 2 aliphatic rings. The maximum atomic E-state index is 11.3. The highest BCUT2D eigenvalue weighted by molar-refractivity contribution is 6.35. The van der Waals surface area contributed by atoms with E-state index in [1.807, 2.05) is 29.0 Å². The minimum Gasteiger partial charge on any atom is -0.491 e. The average Bonchev–Trinajstić information content (AvgIpc) is 3.63. The van der Waals surface area contributed by atoms with E-state index in [2.05, 4.69) is 37.6 Å². The molecule has 2 aliphatic heterocycles. The highest BCUT2D eigenvalue weighted by Crippen LogP contribution is 2.40. The molecule has 4 N–H and O–H groups in total. The van der Waals surface area contributed by atoms with E-state index in [0.29, 0.717) is 41.9 Å². The van der Waals surface area contributed by atoms with Gasteiger partial charge in [0.05, 0.1) is 24.5 Å². The summed E-state index contributed by atoms with van der Waals surface area (Å²) in [5.41, 5.74) is 1.87. The fraction of sp³-hybridized carbons (Fsp3) is 0.429. The summed E-state index contributed by atoms with van der Waals surface area (Å²) in [6.45, 7) is 6.31. The zero-order valence-corrected chi connectivity index (χ0v) is 24.4. The Morgan fingerprint density at radius 2 is 1.93 bits per heavy atom. The molecule has 0 aliphatic carbocycles. The third kappa shape index (κ3) is 7.82. The second-order valence-corrected chi connectivity index (χ2v) is 10.6. The molecule has 0 saturated carbocycles. The van der Waals surface area contributed by atoms with Crippen molar-refractivity contribution in [2.45, 2.75) is 18.4 Å². The maximum Gasteiger partial charge on any atom is 0.314 e. The minimum absolute atomic E-state index is 0. The summed E-state index contributed by atoms with van der Waals surface area (Å²) in [7, 11) is 1.62. The van der Waals surface area contributed by atoms with Gasteiger partial charge in [-0.05, 0) is 36.4 Å². The summed E-state index contributed by atoms with van der Waals surface area (Å²) in [4.78, 5) is 20.2. The van der Waals surface area contributed by atoms with Crippen molar-refractivity contribution in [3.63, 3.8) is 0 Å². The largest absolute Gasteiger partial charge is 0.491 e. The lowest BCUT2D eigenvalue weighted by Crippen LogP contribution is -2.49. The number of benzene rings is 2. The number of hydrogen-bond acceptors (Lipinski definition) is 7. The van der Waals surface area contributed by atoms with Gasteiger partial charge in [0.15, 0.2) is 0 Å². The molecule has 2 aromatic carbocycles. The molecule has 222 valence electrons. The lowest BCUT2D eigenvalue weighted by atomic mass is 10.1. The summed E-state index contributed by atoms with van der Waals surface area (Å²) in [5, 5.41) is 6.43. The van der Waals surface area contributed by atoms with Crippen LogP contribution in [0.15, 0.2) is 61.2 Å². The molecule has 0 spiro atoms. The van der Waals surface area contributed by atoms with Crippen LogP contribution in [0.5, 0.6) is 5.75 Å². The molecule has 2 atom stereocenters. The van der Waals surface area contributed by atoms with Crippen LogP contribution in [0.1, 0.15) is 5.56 Å². The number of carbonyl (C=O) groups is 1. The van der Waals surface area contributed by atoms with Gasteiger partial charge in [0.25, 0.3) is 0 Å². The first-order valence-electron chi connectivity index (χ1n) is 13.3. The Labute approximate surface area is 249 Å². The molecule has 2 saturated heterocycles. The Morgan fingerprint density at radius 1 is 1.15 bits per heavy atom. The predicted molar refractivity (Wildman–Crippen MR) is 158 cm³/mol. The molecule has 13 heteroatoms. The second kappa shape index (κ2) is 14.2. The van der Waals surface area contributed by atoms with E-state index in [1.165, 1.54) is 0 Å². The molecule has 2 fully saturated rings. The van der Waals surface area contributed by atoms with Crippen molar-refractivity contribution in [2.24, 2.45) is 0 Å². The smallest absolute Gasteiger partial charge is 0.314 e. The molecular weight excluding hydrogens is 571 g/mol. The zero-order valence-electron chi connectivity index (χ0n) is 22.9. The minimum atomic E-state index is -1.08. The number of urea groups is 1. The molecule has 0 unspecified atom stereocenters. The summed E-state index contributed by atoms with van der Waals surface area (Å²) in [6.07, 6.45) is 4.99. The summed E-state index contributed by atoms with van der Waals surface area (Å²) in [5.74, 6) is -0.316. The number of nitrogens with one attached hydrogen (secondary N) is 2. The number of aromatic nitrogens is 2. The normalized spacial score (nSPS) is 20.9. The lowest BCUT2D eigenvalue weighted by molar-refractivity contribution is -0.189. The van der Waals surface area contributed by atoms with E-state index in [4.69, 9.17) is 37.4 Å². The molecule has 3 aromatic rings. The Balaban J connectivity index is 0.00000387. The van der Waals surface area contributed by atoms with Gasteiger partial charge >= 0.3 is 6.03 Å². The van der Waals surface area contributed by atoms with Gasteiger partial charge in [-0.15, -0.1) is 0 Å². The van der Waals surface area contributed by atoms with Crippen LogP contribution in [0.2, 0.25) is 10.0 Å². The number of anilines is 1. The van der Waals surface area contributed by atoms with Crippen LogP contribution in [0.3, 0.4) is 0 Å². The molecule has 0 bridgehead atoms. The second-order valence-electron chi connectivity index (χ2n) is 9.80. The SMILES string of the molecule is CNC(=O)NCCN1CCN(c2ccc(OC[C@@H]3CO[C@@](Cn4ccnc4)(c4ccc(Cl)cc4Cl)O3)cc2)CC1.O. The number of hydrogen-bond donors (Lipinski definition) is 2. The molecular formula is C28H36Cl2N6O5. The number of nitrogens with zero attached hydrogens (tertiary/aromatic N) is 4. The summed E-state index contributed by atoms with van der Waals surface area (Å²) >= 11 is 12.7. The highest BCUT2D eigenvalue weighted by atomic mass is 35.5. The van der Waals surface area contributed by atoms with Gasteiger partial charge in [0, 0.05) is 75.0 Å². The maximum absolute atomic E-state index is 11.3. The highest BCUT2D eigenvalue weighted by Gasteiger charge is 2.45. The van der Waals surface area contributed by atoms with Crippen LogP contribution in [0.25, 0.3) is 0 Å². The van der Waals surface area contributed by atoms with Crippen LogP contribution in [0.4, 0.5) is 10.5 Å². The predicted octanol–water partition coefficient (Wildman–Crippen LogP) is 2.76. The monoisotopic (exact) mass is 606 g/mol. The van der Waals surface area contributed by atoms with Gasteiger partial charge in [-0.2, -0.15) is 0 Å². The van der Waals surface area contributed by atoms with E-state index in [0.717, 1.165) is 44.2 Å². The Kier molecular flexibility index (Phi) is 10.7. The van der Waals surface area contributed by atoms with Gasteiger partial charge in [-0.25, -0.2) is 9.78 Å². The number of imidazole rings is 1. The fourth-order valence-electron chi connectivity index (χ4n) is 4.96. The summed E-state index contributed by atoms with van der Waals surface area (Å²) < 4.78 is 20.7. The van der Waals surface area contributed by atoms with Gasteiger partial charge in [0.2, 0.25) is 5.79 Å². The Morgan fingerprint density at radius 3 is 2.61 bits per heavy atom. The number of carbonyl (C=O) groups excluding carboxylic acids is 1. The molecule has 11 nitrogen and oxygen atoms in total. The van der Waals surface area contributed by atoms with Crippen LogP contribution >= 0.6 is 23.2 Å². The lowest BCUT2D eigenvalue weighted by Gasteiger charge is -2.36. The number of ether oxygens (including phenoxy) is 3. The van der Waals surface area contributed by atoms with Crippen LogP contribution < -0.4 is 20.3 Å². The first-order chi connectivity index (χ1) is 19.4. The fourth-order valence-corrected chi connectivity index (χ4v) is 5.52. The standard InChI is InChI=1S/C28H34Cl2N6O4.H2O/c1-31-27(37)33-9-11-34-12-14-36(15-13-34)22-3-5-23(6-4-22)38-17-24-18-39-28(40-24,19-35-10-8-32-20-35)25-7-2-21(29)16-26(25)30;/h2-8,10,16,20,24H,9,11-15,17-19H2,1H3,(H2,31,33,37);1H2/t24-,28-;/m1./s1. The molecule has 41 heavy (non-hydrogen) atoms. The van der Waals surface area contributed by atoms with Gasteiger partial charge in [-0.1, -0.05) is 29.3 Å². The van der Waals surface area contributed by atoms with Crippen molar-refractivity contribution >= 4 is 34.9 Å². The van der Waals surface area contributed by atoms with Crippen molar-refractivity contribution in [3.05, 3.63) is 76.8 Å². The quantitative estimate of drug-likeness (QED) is 0.363. The zero-order chi connectivity index (χ0) is 28.0. The topological polar surface area (TPSA) is 125 Å².